The summed E-state index contributed by atoms with van der Waals surface area (Å²) in [5, 5.41) is 13.4. The van der Waals surface area contributed by atoms with Crippen molar-refractivity contribution in [3.05, 3.63) is 0 Å². The fraction of sp³-hybridized carbons (Fsp3) is 0.833. The summed E-state index contributed by atoms with van der Waals surface area (Å²) in [6.07, 6.45) is 4.35. The molecule has 0 spiro atoms. The van der Waals surface area contributed by atoms with Gasteiger partial charge in [-0.15, -0.1) is 0 Å². The molecule has 1 atom stereocenters. The van der Waals surface area contributed by atoms with E-state index in [9.17, 15) is 4.79 Å². The van der Waals surface area contributed by atoms with Crippen molar-refractivity contribution in [3.63, 3.8) is 0 Å². The first-order valence-corrected chi connectivity index (χ1v) is 6.32. The average molecular weight is 244 g/mol. The molecule has 3 N–H and O–H groups in total. The van der Waals surface area contributed by atoms with Crippen LogP contribution in [0, 0.1) is 5.92 Å². The molecule has 0 saturated carbocycles. The molecule has 0 aromatic carbocycles. The molecule has 17 heavy (non-hydrogen) atoms. The number of carbonyl (C=O) groups is 1. The van der Waals surface area contributed by atoms with Crippen LogP contribution in [0.25, 0.3) is 0 Å². The van der Waals surface area contributed by atoms with E-state index in [2.05, 4.69) is 31.4 Å². The first-order chi connectivity index (χ1) is 8.06. The zero-order valence-corrected chi connectivity index (χ0v) is 11.2. The van der Waals surface area contributed by atoms with E-state index >= 15 is 0 Å². The van der Waals surface area contributed by atoms with Crippen molar-refractivity contribution in [2.24, 2.45) is 11.1 Å². The van der Waals surface area contributed by atoms with Gasteiger partial charge in [-0.2, -0.15) is 0 Å². The summed E-state index contributed by atoms with van der Waals surface area (Å²) >= 11 is 0. The van der Waals surface area contributed by atoms with Crippen molar-refractivity contribution < 1.29 is 14.9 Å². The lowest BCUT2D eigenvalue weighted by atomic mass is 10.1. The lowest BCUT2D eigenvalue weighted by molar-refractivity contribution is -0.880. The number of oxime groups is 1. The minimum absolute atomic E-state index is 0.343. The van der Waals surface area contributed by atoms with Gasteiger partial charge in [-0.05, 0) is 18.8 Å². The Morgan fingerprint density at radius 1 is 1.41 bits per heavy atom. The van der Waals surface area contributed by atoms with Crippen LogP contribution in [0.2, 0.25) is 0 Å². The molecule has 0 aliphatic carbocycles. The van der Waals surface area contributed by atoms with Crippen LogP contribution in [-0.4, -0.2) is 44.0 Å². The Labute approximate surface area is 104 Å². The summed E-state index contributed by atoms with van der Waals surface area (Å²) in [6.45, 7) is 7.35. The summed E-state index contributed by atoms with van der Waals surface area (Å²) in [5.74, 6) is 0.435. The van der Waals surface area contributed by atoms with E-state index in [4.69, 9.17) is 5.21 Å². The van der Waals surface area contributed by atoms with Gasteiger partial charge in [-0.25, -0.2) is 0 Å². The highest BCUT2D eigenvalue weighted by molar-refractivity contribution is 6.25. The largest absolute Gasteiger partial charge is 0.411 e. The van der Waals surface area contributed by atoms with Gasteiger partial charge < -0.3 is 15.4 Å². The van der Waals surface area contributed by atoms with E-state index in [-0.39, 0.29) is 5.91 Å². The summed E-state index contributed by atoms with van der Waals surface area (Å²) in [7, 11) is 2.18. The second-order valence-electron chi connectivity index (χ2n) is 4.88. The van der Waals surface area contributed by atoms with Gasteiger partial charge in [-0.1, -0.05) is 19.0 Å². The number of quaternary nitrogens is 1. The number of hydrogen-bond donors (Lipinski definition) is 3. The Balaban J connectivity index is 3.38. The molecule has 5 nitrogen and oxygen atoms in total. The van der Waals surface area contributed by atoms with Crippen LogP contribution in [0.1, 0.15) is 33.1 Å². The van der Waals surface area contributed by atoms with Crippen LogP contribution in [0.5, 0.6) is 0 Å². The number of carbonyl (C=O) groups excluding carboxylic acids is 1. The SMILES string of the molecule is CC(C)CCC[NH+](C)CCCNC(=O)/C=N/O. The van der Waals surface area contributed by atoms with Crippen LogP contribution in [0.3, 0.4) is 0 Å². The second kappa shape index (κ2) is 10.1. The maximum absolute atomic E-state index is 10.9. The second-order valence-corrected chi connectivity index (χ2v) is 4.88. The van der Waals surface area contributed by atoms with Crippen molar-refractivity contribution >= 4 is 12.1 Å². The van der Waals surface area contributed by atoms with Gasteiger partial charge in [0.05, 0.1) is 20.1 Å². The molecule has 0 fully saturated rings. The average Bonchev–Trinajstić information content (AvgIpc) is 2.24. The van der Waals surface area contributed by atoms with Crippen molar-refractivity contribution in [2.75, 3.05) is 26.7 Å². The highest BCUT2D eigenvalue weighted by Gasteiger charge is 2.03. The van der Waals surface area contributed by atoms with Crippen LogP contribution < -0.4 is 10.2 Å². The number of nitrogens with one attached hydrogen (secondary N) is 2. The molecule has 0 aliphatic heterocycles. The summed E-state index contributed by atoms with van der Waals surface area (Å²) in [5.41, 5.74) is 0. The summed E-state index contributed by atoms with van der Waals surface area (Å²) < 4.78 is 0. The third-order valence-electron chi connectivity index (χ3n) is 2.64. The molecule has 0 aromatic rings. The Morgan fingerprint density at radius 3 is 2.65 bits per heavy atom. The first-order valence-electron chi connectivity index (χ1n) is 6.32. The van der Waals surface area contributed by atoms with E-state index in [1.165, 1.54) is 24.3 Å². The number of nitrogens with zero attached hydrogens (tertiary/aromatic N) is 1. The molecule has 0 bridgehead atoms. The first kappa shape index (κ1) is 15.9. The molecule has 1 unspecified atom stereocenters. The summed E-state index contributed by atoms with van der Waals surface area (Å²) in [4.78, 5) is 12.4. The quantitative estimate of drug-likeness (QED) is 0.229. The normalized spacial score (nSPS) is 13.2. The molecule has 0 aromatic heterocycles. The molecular formula is C12H26N3O2+. The number of amides is 1. The Bertz CT molecular complexity index is 230. The van der Waals surface area contributed by atoms with Crippen molar-refractivity contribution in [2.45, 2.75) is 33.1 Å². The van der Waals surface area contributed by atoms with Gasteiger partial charge in [0.1, 0.15) is 6.21 Å². The van der Waals surface area contributed by atoms with E-state index in [0.29, 0.717) is 6.54 Å². The molecule has 100 valence electrons. The van der Waals surface area contributed by atoms with Crippen molar-refractivity contribution in [1.82, 2.24) is 5.32 Å². The van der Waals surface area contributed by atoms with Crippen LogP contribution in [0.15, 0.2) is 5.16 Å². The molecule has 0 heterocycles. The highest BCUT2D eigenvalue weighted by Crippen LogP contribution is 2.00. The van der Waals surface area contributed by atoms with Gasteiger partial charge in [-0.3, -0.25) is 4.79 Å². The Kier molecular flexibility index (Phi) is 9.43. The van der Waals surface area contributed by atoms with Crippen molar-refractivity contribution in [1.29, 1.82) is 0 Å². The molecular weight excluding hydrogens is 218 g/mol. The van der Waals surface area contributed by atoms with Gasteiger partial charge in [0.2, 0.25) is 0 Å². The zero-order chi connectivity index (χ0) is 13.1. The van der Waals surface area contributed by atoms with Gasteiger partial charge in [0.25, 0.3) is 5.91 Å². The highest BCUT2D eigenvalue weighted by atomic mass is 16.4. The molecule has 1 amide bonds. The topological polar surface area (TPSA) is 66.1 Å². The van der Waals surface area contributed by atoms with E-state index < -0.39 is 0 Å². The predicted octanol–water partition coefficient (Wildman–Crippen LogP) is -0.0964. The van der Waals surface area contributed by atoms with Gasteiger partial charge in [0.15, 0.2) is 0 Å². The minimum atomic E-state index is -0.343. The maximum Gasteiger partial charge on any atom is 0.265 e. The number of hydrogen-bond acceptors (Lipinski definition) is 3. The minimum Gasteiger partial charge on any atom is -0.411 e. The molecule has 0 radical (unpaired) electrons. The lowest BCUT2D eigenvalue weighted by Crippen LogP contribution is -3.09. The van der Waals surface area contributed by atoms with Crippen LogP contribution in [0.4, 0.5) is 0 Å². The van der Waals surface area contributed by atoms with E-state index in [0.717, 1.165) is 25.1 Å². The Hall–Kier alpha value is -1.10. The van der Waals surface area contributed by atoms with Crippen molar-refractivity contribution in [3.8, 4) is 0 Å². The predicted molar refractivity (Wildman–Crippen MR) is 68.6 cm³/mol. The fourth-order valence-electron chi connectivity index (χ4n) is 1.64. The standard InChI is InChI=1S/C12H25N3O2/c1-11(2)6-4-8-15(3)9-5-7-13-12(16)10-14-17/h10-11,17H,4-9H2,1-3H3,(H,13,16)/p+1/b14-10+. The van der Waals surface area contributed by atoms with Crippen LogP contribution >= 0.6 is 0 Å². The Morgan fingerprint density at radius 2 is 2.06 bits per heavy atom. The zero-order valence-electron chi connectivity index (χ0n) is 11.2. The fourth-order valence-corrected chi connectivity index (χ4v) is 1.64. The number of rotatable bonds is 9. The molecule has 0 saturated heterocycles. The molecule has 0 aliphatic rings. The molecule has 0 rings (SSSR count). The molecule has 5 heteroatoms. The van der Waals surface area contributed by atoms with Gasteiger partial charge >= 0.3 is 0 Å². The van der Waals surface area contributed by atoms with E-state index in [1.807, 2.05) is 0 Å². The summed E-state index contributed by atoms with van der Waals surface area (Å²) in [6, 6.07) is 0. The smallest absolute Gasteiger partial charge is 0.265 e. The third kappa shape index (κ3) is 11.2. The van der Waals surface area contributed by atoms with Crippen LogP contribution in [-0.2, 0) is 4.79 Å². The van der Waals surface area contributed by atoms with Gasteiger partial charge in [0, 0.05) is 13.0 Å². The third-order valence-corrected chi connectivity index (χ3v) is 2.64. The monoisotopic (exact) mass is 244 g/mol. The lowest BCUT2D eigenvalue weighted by Gasteiger charge is -2.14. The van der Waals surface area contributed by atoms with E-state index in [1.54, 1.807) is 0 Å². The maximum atomic E-state index is 10.9.